The molecule has 0 aromatic heterocycles. The summed E-state index contributed by atoms with van der Waals surface area (Å²) in [5, 5.41) is 3.22. The number of ketones is 1. The second kappa shape index (κ2) is 6.44. The van der Waals surface area contributed by atoms with E-state index >= 15 is 0 Å². The van der Waals surface area contributed by atoms with Gasteiger partial charge in [0.25, 0.3) is 0 Å². The SMILES string of the molecule is CCCN[C@H](C)C(=O)Cc1ccccc1C. The maximum atomic E-state index is 11.9. The first-order valence-corrected chi connectivity index (χ1v) is 5.95. The number of carbonyl (C=O) groups excluding carboxylic acids is 1. The van der Waals surface area contributed by atoms with Gasteiger partial charge in [-0.2, -0.15) is 0 Å². The predicted molar refractivity (Wildman–Crippen MR) is 67.6 cm³/mol. The second-order valence-corrected chi connectivity index (χ2v) is 4.25. The van der Waals surface area contributed by atoms with E-state index in [-0.39, 0.29) is 11.8 Å². The van der Waals surface area contributed by atoms with Crippen LogP contribution in [0.1, 0.15) is 31.4 Å². The van der Waals surface area contributed by atoms with Gasteiger partial charge in [0.2, 0.25) is 0 Å². The third kappa shape index (κ3) is 3.78. The zero-order valence-electron chi connectivity index (χ0n) is 10.4. The number of Topliss-reactive ketones (excluding diaryl/α,β-unsaturated/α-hetero) is 1. The summed E-state index contributed by atoms with van der Waals surface area (Å²) in [4.78, 5) is 11.9. The fourth-order valence-electron chi connectivity index (χ4n) is 1.62. The highest BCUT2D eigenvalue weighted by atomic mass is 16.1. The third-order valence-electron chi connectivity index (χ3n) is 2.81. The summed E-state index contributed by atoms with van der Waals surface area (Å²) in [5.74, 6) is 0.266. The minimum atomic E-state index is -0.0421. The summed E-state index contributed by atoms with van der Waals surface area (Å²) in [6, 6.07) is 8.02. The molecule has 0 saturated carbocycles. The summed E-state index contributed by atoms with van der Waals surface area (Å²) >= 11 is 0. The topological polar surface area (TPSA) is 29.1 Å². The molecule has 0 aliphatic rings. The van der Waals surface area contributed by atoms with Gasteiger partial charge < -0.3 is 5.32 Å². The lowest BCUT2D eigenvalue weighted by atomic mass is 10.0. The standard InChI is InChI=1S/C14H21NO/c1-4-9-15-12(3)14(16)10-13-8-6-5-7-11(13)2/h5-8,12,15H,4,9-10H2,1-3H3/t12-/m1/s1. The first-order chi connectivity index (χ1) is 7.65. The van der Waals surface area contributed by atoms with Gasteiger partial charge in [-0.25, -0.2) is 0 Å². The summed E-state index contributed by atoms with van der Waals surface area (Å²) < 4.78 is 0. The maximum absolute atomic E-state index is 11.9. The Morgan fingerprint density at radius 3 is 2.69 bits per heavy atom. The number of carbonyl (C=O) groups is 1. The van der Waals surface area contributed by atoms with Crippen molar-refractivity contribution in [2.75, 3.05) is 6.54 Å². The molecule has 0 saturated heterocycles. The van der Waals surface area contributed by atoms with Gasteiger partial charge in [-0.05, 0) is 37.9 Å². The van der Waals surface area contributed by atoms with E-state index in [1.54, 1.807) is 0 Å². The molecule has 0 fully saturated rings. The van der Waals surface area contributed by atoms with Crippen LogP contribution in [0.2, 0.25) is 0 Å². The molecule has 16 heavy (non-hydrogen) atoms. The Labute approximate surface area is 98.1 Å². The molecule has 1 aromatic carbocycles. The molecule has 1 N–H and O–H groups in total. The highest BCUT2D eigenvalue weighted by Crippen LogP contribution is 2.08. The van der Waals surface area contributed by atoms with Crippen LogP contribution in [-0.4, -0.2) is 18.4 Å². The van der Waals surface area contributed by atoms with Crippen LogP contribution in [0.25, 0.3) is 0 Å². The van der Waals surface area contributed by atoms with Gasteiger partial charge >= 0.3 is 0 Å². The monoisotopic (exact) mass is 219 g/mol. The Kier molecular flexibility index (Phi) is 5.20. The summed E-state index contributed by atoms with van der Waals surface area (Å²) in [6.45, 7) is 7.00. The van der Waals surface area contributed by atoms with Gasteiger partial charge in [0, 0.05) is 6.42 Å². The molecule has 88 valence electrons. The molecule has 0 spiro atoms. The van der Waals surface area contributed by atoms with Gasteiger partial charge in [0.1, 0.15) is 0 Å². The van der Waals surface area contributed by atoms with Crippen LogP contribution >= 0.6 is 0 Å². The molecule has 0 aliphatic heterocycles. The van der Waals surface area contributed by atoms with Crippen molar-refractivity contribution < 1.29 is 4.79 Å². The van der Waals surface area contributed by atoms with Crippen LogP contribution in [-0.2, 0) is 11.2 Å². The van der Waals surface area contributed by atoms with E-state index in [1.165, 1.54) is 5.56 Å². The Bertz CT molecular complexity index is 346. The molecule has 1 atom stereocenters. The number of rotatable bonds is 6. The second-order valence-electron chi connectivity index (χ2n) is 4.25. The number of hydrogen-bond acceptors (Lipinski definition) is 2. The smallest absolute Gasteiger partial charge is 0.153 e. The van der Waals surface area contributed by atoms with Gasteiger partial charge in [-0.15, -0.1) is 0 Å². The van der Waals surface area contributed by atoms with Crippen LogP contribution in [0, 0.1) is 6.92 Å². The van der Waals surface area contributed by atoms with Crippen molar-refractivity contribution >= 4 is 5.78 Å². The van der Waals surface area contributed by atoms with Crippen LogP contribution in [0.3, 0.4) is 0 Å². The lowest BCUT2D eigenvalue weighted by Crippen LogP contribution is -2.35. The Morgan fingerprint density at radius 2 is 2.06 bits per heavy atom. The fourth-order valence-corrected chi connectivity index (χ4v) is 1.62. The first-order valence-electron chi connectivity index (χ1n) is 5.95. The van der Waals surface area contributed by atoms with Crippen molar-refractivity contribution in [3.8, 4) is 0 Å². The maximum Gasteiger partial charge on any atom is 0.153 e. The van der Waals surface area contributed by atoms with Crippen molar-refractivity contribution in [2.24, 2.45) is 0 Å². The molecule has 2 nitrogen and oxygen atoms in total. The largest absolute Gasteiger partial charge is 0.308 e. The molecule has 0 aliphatic carbocycles. The first kappa shape index (κ1) is 12.9. The molecule has 0 radical (unpaired) electrons. The third-order valence-corrected chi connectivity index (χ3v) is 2.81. The van der Waals surface area contributed by atoms with Crippen molar-refractivity contribution in [1.29, 1.82) is 0 Å². The molecular weight excluding hydrogens is 198 g/mol. The molecule has 1 rings (SSSR count). The van der Waals surface area contributed by atoms with Crippen molar-refractivity contribution in [3.63, 3.8) is 0 Å². The van der Waals surface area contributed by atoms with E-state index in [1.807, 2.05) is 38.1 Å². The summed E-state index contributed by atoms with van der Waals surface area (Å²) in [7, 11) is 0. The minimum Gasteiger partial charge on any atom is -0.308 e. The van der Waals surface area contributed by atoms with E-state index < -0.39 is 0 Å². The minimum absolute atomic E-state index is 0.0421. The van der Waals surface area contributed by atoms with E-state index in [0.29, 0.717) is 6.42 Å². The average molecular weight is 219 g/mol. The fraction of sp³-hybridized carbons (Fsp3) is 0.500. The van der Waals surface area contributed by atoms with Crippen LogP contribution in [0.4, 0.5) is 0 Å². The summed E-state index contributed by atoms with van der Waals surface area (Å²) in [6.07, 6.45) is 1.59. The Hall–Kier alpha value is -1.15. The molecule has 2 heteroatoms. The number of nitrogens with one attached hydrogen (secondary N) is 1. The van der Waals surface area contributed by atoms with E-state index in [9.17, 15) is 4.79 Å². The van der Waals surface area contributed by atoms with Gasteiger partial charge in [0.15, 0.2) is 5.78 Å². The molecule has 1 aromatic rings. The Morgan fingerprint density at radius 1 is 1.38 bits per heavy atom. The number of hydrogen-bond donors (Lipinski definition) is 1. The van der Waals surface area contributed by atoms with Crippen LogP contribution in [0.15, 0.2) is 24.3 Å². The van der Waals surface area contributed by atoms with Crippen molar-refractivity contribution in [1.82, 2.24) is 5.32 Å². The zero-order valence-corrected chi connectivity index (χ0v) is 10.4. The molecular formula is C14H21NO. The molecule has 0 amide bonds. The van der Waals surface area contributed by atoms with Crippen LogP contribution in [0.5, 0.6) is 0 Å². The lowest BCUT2D eigenvalue weighted by molar-refractivity contribution is -0.120. The lowest BCUT2D eigenvalue weighted by Gasteiger charge is -2.12. The van der Waals surface area contributed by atoms with Gasteiger partial charge in [-0.3, -0.25) is 4.79 Å². The van der Waals surface area contributed by atoms with Crippen molar-refractivity contribution in [3.05, 3.63) is 35.4 Å². The zero-order chi connectivity index (χ0) is 12.0. The number of benzene rings is 1. The van der Waals surface area contributed by atoms with Gasteiger partial charge in [0.05, 0.1) is 6.04 Å². The normalized spacial score (nSPS) is 12.4. The average Bonchev–Trinajstić information content (AvgIpc) is 2.28. The van der Waals surface area contributed by atoms with Crippen LogP contribution < -0.4 is 5.32 Å². The highest BCUT2D eigenvalue weighted by Gasteiger charge is 2.12. The summed E-state index contributed by atoms with van der Waals surface area (Å²) in [5.41, 5.74) is 2.33. The molecule has 0 unspecified atom stereocenters. The van der Waals surface area contributed by atoms with E-state index in [4.69, 9.17) is 0 Å². The van der Waals surface area contributed by atoms with E-state index in [0.717, 1.165) is 18.5 Å². The predicted octanol–water partition coefficient (Wildman–Crippen LogP) is 2.49. The highest BCUT2D eigenvalue weighted by molar-refractivity contribution is 5.85. The quantitative estimate of drug-likeness (QED) is 0.796. The molecule has 0 heterocycles. The molecule has 0 bridgehead atoms. The van der Waals surface area contributed by atoms with Gasteiger partial charge in [-0.1, -0.05) is 31.2 Å². The van der Waals surface area contributed by atoms with Crippen molar-refractivity contribution in [2.45, 2.75) is 39.7 Å². The van der Waals surface area contributed by atoms with E-state index in [2.05, 4.69) is 12.2 Å². The number of aryl methyl sites for hydroxylation is 1. The Balaban J connectivity index is 2.54.